The van der Waals surface area contributed by atoms with Crippen molar-refractivity contribution in [1.82, 2.24) is 4.90 Å². The van der Waals surface area contributed by atoms with Gasteiger partial charge in [-0.15, -0.1) is 11.6 Å². The highest BCUT2D eigenvalue weighted by Crippen LogP contribution is 2.33. The number of carboxylic acids is 1. The molecule has 2 N–H and O–H groups in total. The van der Waals surface area contributed by atoms with Crippen LogP contribution in [-0.4, -0.2) is 46.1 Å². The molecule has 0 aliphatic carbocycles. The van der Waals surface area contributed by atoms with E-state index >= 15 is 0 Å². The van der Waals surface area contributed by atoms with Gasteiger partial charge in [0.2, 0.25) is 0 Å². The van der Waals surface area contributed by atoms with Crippen LogP contribution in [0.15, 0.2) is 0 Å². The van der Waals surface area contributed by atoms with Gasteiger partial charge in [-0.1, -0.05) is 0 Å². The first-order valence-electron chi connectivity index (χ1n) is 4.29. The standard InChI is InChI=1S/C8H12ClNO4/c9-5-8(6(11)12)1-3-10(4-2-8)7(13)14/h1-5H2,(H,11,12)(H,13,14). The van der Waals surface area contributed by atoms with E-state index in [1.54, 1.807) is 0 Å². The van der Waals surface area contributed by atoms with E-state index in [1.165, 1.54) is 4.90 Å². The molecule has 0 bridgehead atoms. The number of alkyl halides is 1. The molecule has 0 aromatic carbocycles. The summed E-state index contributed by atoms with van der Waals surface area (Å²) in [6.45, 7) is 0.489. The van der Waals surface area contributed by atoms with E-state index in [4.69, 9.17) is 21.8 Å². The minimum Gasteiger partial charge on any atom is -0.481 e. The number of rotatable bonds is 2. The number of piperidine rings is 1. The van der Waals surface area contributed by atoms with Crippen LogP contribution in [0.2, 0.25) is 0 Å². The third-order valence-corrected chi connectivity index (χ3v) is 3.21. The molecule has 1 aliphatic rings. The van der Waals surface area contributed by atoms with Gasteiger partial charge in [0.15, 0.2) is 0 Å². The zero-order valence-electron chi connectivity index (χ0n) is 7.57. The second kappa shape index (κ2) is 4.04. The number of nitrogens with zero attached hydrogens (tertiary/aromatic N) is 1. The average molecular weight is 222 g/mol. The fraction of sp³-hybridized carbons (Fsp3) is 0.750. The first-order valence-corrected chi connectivity index (χ1v) is 4.82. The van der Waals surface area contributed by atoms with Gasteiger partial charge in [0.1, 0.15) is 0 Å². The van der Waals surface area contributed by atoms with E-state index in [0.717, 1.165) is 0 Å². The number of hydrogen-bond acceptors (Lipinski definition) is 2. The lowest BCUT2D eigenvalue weighted by Gasteiger charge is -2.36. The van der Waals surface area contributed by atoms with Gasteiger partial charge in [-0.3, -0.25) is 4.79 Å². The van der Waals surface area contributed by atoms with Crippen LogP contribution in [0.3, 0.4) is 0 Å². The molecule has 0 aromatic heterocycles. The number of carboxylic acid groups (broad SMARTS) is 2. The predicted octanol–water partition coefficient (Wildman–Crippen LogP) is 1.07. The van der Waals surface area contributed by atoms with E-state index < -0.39 is 17.5 Å². The Labute approximate surface area is 86.3 Å². The normalized spacial score (nSPS) is 20.5. The van der Waals surface area contributed by atoms with Crippen molar-refractivity contribution >= 4 is 23.7 Å². The first kappa shape index (κ1) is 11.1. The summed E-state index contributed by atoms with van der Waals surface area (Å²) in [5.41, 5.74) is -0.937. The Morgan fingerprint density at radius 2 is 1.79 bits per heavy atom. The zero-order valence-corrected chi connectivity index (χ0v) is 8.33. The molecule has 1 heterocycles. The number of carbonyl (C=O) groups is 2. The molecule has 0 saturated carbocycles. The van der Waals surface area contributed by atoms with E-state index in [2.05, 4.69) is 0 Å². The van der Waals surface area contributed by atoms with Gasteiger partial charge in [-0.05, 0) is 12.8 Å². The summed E-state index contributed by atoms with van der Waals surface area (Å²) < 4.78 is 0. The van der Waals surface area contributed by atoms with E-state index in [0.29, 0.717) is 0 Å². The lowest BCUT2D eigenvalue weighted by Crippen LogP contribution is -2.47. The maximum absolute atomic E-state index is 10.9. The van der Waals surface area contributed by atoms with Crippen molar-refractivity contribution in [2.75, 3.05) is 19.0 Å². The van der Waals surface area contributed by atoms with Gasteiger partial charge in [-0.25, -0.2) is 4.79 Å². The van der Waals surface area contributed by atoms with Crippen molar-refractivity contribution in [3.8, 4) is 0 Å². The molecule has 80 valence electrons. The lowest BCUT2D eigenvalue weighted by molar-refractivity contribution is -0.150. The third kappa shape index (κ3) is 1.92. The van der Waals surface area contributed by atoms with Crippen LogP contribution in [0.5, 0.6) is 0 Å². The second-order valence-electron chi connectivity index (χ2n) is 3.49. The maximum Gasteiger partial charge on any atom is 0.407 e. The highest BCUT2D eigenvalue weighted by atomic mass is 35.5. The van der Waals surface area contributed by atoms with Crippen molar-refractivity contribution in [1.29, 1.82) is 0 Å². The topological polar surface area (TPSA) is 77.8 Å². The predicted molar refractivity (Wildman–Crippen MR) is 49.6 cm³/mol. The van der Waals surface area contributed by atoms with Gasteiger partial charge >= 0.3 is 12.1 Å². The lowest BCUT2D eigenvalue weighted by atomic mass is 9.80. The molecule has 1 amide bonds. The molecule has 0 spiro atoms. The molecule has 0 unspecified atom stereocenters. The monoisotopic (exact) mass is 221 g/mol. The van der Waals surface area contributed by atoms with Gasteiger partial charge in [-0.2, -0.15) is 0 Å². The fourth-order valence-electron chi connectivity index (χ4n) is 1.53. The number of hydrogen-bond donors (Lipinski definition) is 2. The zero-order chi connectivity index (χ0) is 10.8. The number of halogens is 1. The van der Waals surface area contributed by atoms with Crippen molar-refractivity contribution in [2.45, 2.75) is 12.8 Å². The van der Waals surface area contributed by atoms with Crippen LogP contribution < -0.4 is 0 Å². The highest BCUT2D eigenvalue weighted by Gasteiger charge is 2.41. The number of amides is 1. The number of likely N-dealkylation sites (tertiary alicyclic amines) is 1. The molecule has 0 radical (unpaired) electrons. The van der Waals surface area contributed by atoms with Gasteiger partial charge < -0.3 is 15.1 Å². The molecule has 0 atom stereocenters. The van der Waals surface area contributed by atoms with Gasteiger partial charge in [0.25, 0.3) is 0 Å². The maximum atomic E-state index is 10.9. The molecule has 1 saturated heterocycles. The van der Waals surface area contributed by atoms with Crippen molar-refractivity contribution in [2.24, 2.45) is 5.41 Å². The molecule has 0 aromatic rings. The highest BCUT2D eigenvalue weighted by molar-refractivity contribution is 6.19. The van der Waals surface area contributed by atoms with Gasteiger partial charge in [0, 0.05) is 19.0 Å². The molecule has 1 rings (SSSR count). The summed E-state index contributed by atoms with van der Waals surface area (Å²) in [6, 6.07) is 0. The Morgan fingerprint density at radius 3 is 2.07 bits per heavy atom. The van der Waals surface area contributed by atoms with E-state index in [-0.39, 0.29) is 31.8 Å². The molecular formula is C8H12ClNO4. The number of aliphatic carboxylic acids is 1. The Bertz CT molecular complexity index is 248. The minimum atomic E-state index is -1.00. The Morgan fingerprint density at radius 1 is 1.29 bits per heavy atom. The molecule has 14 heavy (non-hydrogen) atoms. The Hall–Kier alpha value is -0.970. The summed E-state index contributed by atoms with van der Waals surface area (Å²) in [7, 11) is 0. The molecule has 6 heteroatoms. The average Bonchev–Trinajstić information content (AvgIpc) is 2.17. The Kier molecular flexibility index (Phi) is 3.21. The van der Waals surface area contributed by atoms with Gasteiger partial charge in [0.05, 0.1) is 5.41 Å². The second-order valence-corrected chi connectivity index (χ2v) is 3.76. The van der Waals surface area contributed by atoms with Crippen LogP contribution in [0.1, 0.15) is 12.8 Å². The summed E-state index contributed by atoms with van der Waals surface area (Å²) >= 11 is 5.61. The summed E-state index contributed by atoms with van der Waals surface area (Å²) in [6.07, 6.45) is -0.422. The Balaban J connectivity index is 2.64. The van der Waals surface area contributed by atoms with E-state index in [9.17, 15) is 9.59 Å². The molecule has 1 fully saturated rings. The summed E-state index contributed by atoms with van der Waals surface area (Å²) in [5.74, 6) is -0.895. The van der Waals surface area contributed by atoms with Crippen LogP contribution in [0.25, 0.3) is 0 Å². The first-order chi connectivity index (χ1) is 6.52. The largest absolute Gasteiger partial charge is 0.481 e. The summed E-state index contributed by atoms with van der Waals surface area (Å²) in [4.78, 5) is 22.7. The van der Waals surface area contributed by atoms with Crippen LogP contribution >= 0.6 is 11.6 Å². The third-order valence-electron chi connectivity index (χ3n) is 2.70. The van der Waals surface area contributed by atoms with E-state index in [1.807, 2.05) is 0 Å². The molecule has 1 aliphatic heterocycles. The minimum absolute atomic E-state index is 0.0375. The summed E-state index contributed by atoms with van der Waals surface area (Å²) in [5, 5.41) is 17.6. The van der Waals surface area contributed by atoms with Crippen LogP contribution in [0, 0.1) is 5.41 Å². The molecular weight excluding hydrogens is 210 g/mol. The fourth-order valence-corrected chi connectivity index (χ4v) is 1.91. The quantitative estimate of drug-likeness (QED) is 0.684. The SMILES string of the molecule is O=C(O)N1CCC(CCl)(C(=O)O)CC1. The van der Waals surface area contributed by atoms with Crippen LogP contribution in [-0.2, 0) is 4.79 Å². The van der Waals surface area contributed by atoms with Crippen molar-refractivity contribution in [3.05, 3.63) is 0 Å². The van der Waals surface area contributed by atoms with Crippen LogP contribution in [0.4, 0.5) is 4.79 Å². The van der Waals surface area contributed by atoms with Crippen molar-refractivity contribution in [3.63, 3.8) is 0 Å². The van der Waals surface area contributed by atoms with Crippen molar-refractivity contribution < 1.29 is 19.8 Å². The smallest absolute Gasteiger partial charge is 0.407 e. The molecule has 5 nitrogen and oxygen atoms in total.